The molecule has 2 fully saturated rings. The van der Waals surface area contributed by atoms with Gasteiger partial charge in [-0.2, -0.15) is 0 Å². The van der Waals surface area contributed by atoms with Crippen molar-refractivity contribution in [2.24, 2.45) is 11.1 Å². The van der Waals surface area contributed by atoms with Crippen molar-refractivity contribution in [3.63, 3.8) is 0 Å². The standard InChI is InChI=1S/C17H25N3O3S/c18-24(22,23)13-14-11-17(21)20(12-14)16-8-4-3-7-15(16)19-9-5-1-2-6-10-19/h3-4,7-8,14H,1-2,5-6,9-13H2,(H2,18,22,23). The summed E-state index contributed by atoms with van der Waals surface area (Å²) in [7, 11) is -3.56. The third-order valence-electron chi connectivity index (χ3n) is 4.79. The van der Waals surface area contributed by atoms with Crippen molar-refractivity contribution >= 4 is 27.3 Å². The number of carbonyl (C=O) groups is 1. The first-order valence-corrected chi connectivity index (χ1v) is 10.3. The van der Waals surface area contributed by atoms with Crippen LogP contribution in [-0.4, -0.2) is 39.7 Å². The second-order valence-electron chi connectivity index (χ2n) is 6.79. The Morgan fingerprint density at radius 3 is 2.29 bits per heavy atom. The molecule has 24 heavy (non-hydrogen) atoms. The molecule has 7 heteroatoms. The van der Waals surface area contributed by atoms with Crippen molar-refractivity contribution in [3.05, 3.63) is 24.3 Å². The van der Waals surface area contributed by atoms with Crippen LogP contribution in [0, 0.1) is 5.92 Å². The van der Waals surface area contributed by atoms with Crippen LogP contribution in [0.25, 0.3) is 0 Å². The number of para-hydroxylation sites is 2. The van der Waals surface area contributed by atoms with E-state index < -0.39 is 10.0 Å². The zero-order valence-corrected chi connectivity index (χ0v) is 14.7. The minimum Gasteiger partial charge on any atom is -0.370 e. The van der Waals surface area contributed by atoms with Gasteiger partial charge < -0.3 is 9.80 Å². The highest BCUT2D eigenvalue weighted by molar-refractivity contribution is 7.89. The van der Waals surface area contributed by atoms with E-state index in [2.05, 4.69) is 11.0 Å². The third kappa shape index (κ3) is 4.08. The molecule has 0 radical (unpaired) electrons. The fraction of sp³-hybridized carbons (Fsp3) is 0.588. The molecule has 0 bridgehead atoms. The lowest BCUT2D eigenvalue weighted by atomic mass is 10.1. The lowest BCUT2D eigenvalue weighted by Gasteiger charge is -2.29. The van der Waals surface area contributed by atoms with Crippen molar-refractivity contribution in [3.8, 4) is 0 Å². The van der Waals surface area contributed by atoms with Gasteiger partial charge in [0, 0.05) is 32.0 Å². The van der Waals surface area contributed by atoms with E-state index in [9.17, 15) is 13.2 Å². The zero-order chi connectivity index (χ0) is 17.2. The van der Waals surface area contributed by atoms with E-state index in [1.54, 1.807) is 4.90 Å². The Morgan fingerprint density at radius 1 is 1.04 bits per heavy atom. The molecular formula is C17H25N3O3S. The van der Waals surface area contributed by atoms with Crippen LogP contribution >= 0.6 is 0 Å². The summed E-state index contributed by atoms with van der Waals surface area (Å²) in [5.41, 5.74) is 1.96. The summed E-state index contributed by atoms with van der Waals surface area (Å²) in [6, 6.07) is 7.93. The van der Waals surface area contributed by atoms with Crippen LogP contribution in [0.5, 0.6) is 0 Å². The lowest BCUT2D eigenvalue weighted by Crippen LogP contribution is -2.31. The van der Waals surface area contributed by atoms with Gasteiger partial charge in [0.2, 0.25) is 15.9 Å². The summed E-state index contributed by atoms with van der Waals surface area (Å²) in [4.78, 5) is 16.5. The molecule has 1 atom stereocenters. The molecule has 0 aliphatic carbocycles. The number of rotatable bonds is 4. The van der Waals surface area contributed by atoms with Gasteiger partial charge in [0.1, 0.15) is 0 Å². The Balaban J connectivity index is 1.83. The Morgan fingerprint density at radius 2 is 1.67 bits per heavy atom. The Kier molecular flexibility index (Phi) is 5.10. The molecule has 1 aromatic rings. The number of hydrogen-bond acceptors (Lipinski definition) is 4. The molecule has 2 saturated heterocycles. The number of amides is 1. The fourth-order valence-electron chi connectivity index (χ4n) is 3.73. The highest BCUT2D eigenvalue weighted by Gasteiger charge is 2.34. The summed E-state index contributed by atoms with van der Waals surface area (Å²) < 4.78 is 22.7. The summed E-state index contributed by atoms with van der Waals surface area (Å²) in [5, 5.41) is 5.14. The Hall–Kier alpha value is -1.60. The van der Waals surface area contributed by atoms with Crippen molar-refractivity contribution in [1.29, 1.82) is 0 Å². The molecule has 2 N–H and O–H groups in total. The maximum absolute atomic E-state index is 12.4. The summed E-state index contributed by atoms with van der Waals surface area (Å²) >= 11 is 0. The lowest BCUT2D eigenvalue weighted by molar-refractivity contribution is -0.117. The highest BCUT2D eigenvalue weighted by atomic mass is 32.2. The zero-order valence-electron chi connectivity index (χ0n) is 13.9. The Bertz CT molecular complexity index is 697. The number of carbonyl (C=O) groups excluding carboxylic acids is 1. The smallest absolute Gasteiger partial charge is 0.227 e. The van der Waals surface area contributed by atoms with E-state index in [-0.39, 0.29) is 24.0 Å². The van der Waals surface area contributed by atoms with E-state index in [0.29, 0.717) is 6.54 Å². The van der Waals surface area contributed by atoms with Crippen molar-refractivity contribution < 1.29 is 13.2 Å². The van der Waals surface area contributed by atoms with Gasteiger partial charge in [-0.05, 0) is 25.0 Å². The second-order valence-corrected chi connectivity index (χ2v) is 8.45. The second kappa shape index (κ2) is 7.11. The first kappa shape index (κ1) is 17.2. The van der Waals surface area contributed by atoms with Gasteiger partial charge in [0.15, 0.2) is 0 Å². The molecule has 6 nitrogen and oxygen atoms in total. The molecule has 1 unspecified atom stereocenters. The molecule has 1 amide bonds. The van der Waals surface area contributed by atoms with Crippen LogP contribution in [0.4, 0.5) is 11.4 Å². The molecule has 2 heterocycles. The van der Waals surface area contributed by atoms with Crippen LogP contribution in [0.15, 0.2) is 24.3 Å². The van der Waals surface area contributed by atoms with E-state index in [1.807, 2.05) is 18.2 Å². The minimum absolute atomic E-state index is 0.0223. The average Bonchev–Trinajstić information content (AvgIpc) is 2.74. The van der Waals surface area contributed by atoms with Crippen LogP contribution < -0.4 is 14.9 Å². The van der Waals surface area contributed by atoms with Gasteiger partial charge in [0.05, 0.1) is 17.1 Å². The first-order valence-electron chi connectivity index (χ1n) is 8.59. The minimum atomic E-state index is -3.56. The van der Waals surface area contributed by atoms with E-state index in [1.165, 1.54) is 12.8 Å². The topological polar surface area (TPSA) is 83.7 Å². The maximum Gasteiger partial charge on any atom is 0.227 e. The van der Waals surface area contributed by atoms with E-state index in [0.717, 1.165) is 37.3 Å². The number of hydrogen-bond donors (Lipinski definition) is 1. The predicted molar refractivity (Wildman–Crippen MR) is 95.6 cm³/mol. The quantitative estimate of drug-likeness (QED) is 0.895. The molecule has 3 rings (SSSR count). The van der Waals surface area contributed by atoms with E-state index in [4.69, 9.17) is 5.14 Å². The Labute approximate surface area is 143 Å². The fourth-order valence-corrected chi connectivity index (χ4v) is 4.61. The molecule has 2 aliphatic heterocycles. The normalized spacial score (nSPS) is 22.7. The van der Waals surface area contributed by atoms with Crippen LogP contribution in [0.3, 0.4) is 0 Å². The first-order chi connectivity index (χ1) is 11.4. The van der Waals surface area contributed by atoms with Crippen LogP contribution in [-0.2, 0) is 14.8 Å². The number of benzene rings is 1. The molecule has 0 saturated carbocycles. The third-order valence-corrected chi connectivity index (χ3v) is 5.73. The number of nitrogens with zero attached hydrogens (tertiary/aromatic N) is 2. The summed E-state index contributed by atoms with van der Waals surface area (Å²) in [5.74, 6) is -0.392. The van der Waals surface area contributed by atoms with Crippen LogP contribution in [0.2, 0.25) is 0 Å². The van der Waals surface area contributed by atoms with Crippen LogP contribution in [0.1, 0.15) is 32.1 Å². The van der Waals surface area contributed by atoms with Gasteiger partial charge in [-0.25, -0.2) is 13.6 Å². The van der Waals surface area contributed by atoms with Gasteiger partial charge in [-0.3, -0.25) is 4.79 Å². The number of anilines is 2. The molecule has 0 aromatic heterocycles. The molecule has 132 valence electrons. The van der Waals surface area contributed by atoms with E-state index >= 15 is 0 Å². The molecule has 0 spiro atoms. The summed E-state index contributed by atoms with van der Waals surface area (Å²) in [6.07, 6.45) is 5.06. The molecule has 2 aliphatic rings. The van der Waals surface area contributed by atoms with Gasteiger partial charge in [-0.1, -0.05) is 25.0 Å². The molecular weight excluding hydrogens is 326 g/mol. The van der Waals surface area contributed by atoms with Gasteiger partial charge in [0.25, 0.3) is 0 Å². The van der Waals surface area contributed by atoms with Crippen molar-refractivity contribution in [2.75, 3.05) is 35.2 Å². The predicted octanol–water partition coefficient (Wildman–Crippen LogP) is 1.71. The summed E-state index contributed by atoms with van der Waals surface area (Å²) in [6.45, 7) is 2.42. The largest absolute Gasteiger partial charge is 0.370 e. The monoisotopic (exact) mass is 351 g/mol. The van der Waals surface area contributed by atoms with Crippen molar-refractivity contribution in [1.82, 2.24) is 0 Å². The number of sulfonamides is 1. The number of primary sulfonamides is 1. The van der Waals surface area contributed by atoms with Gasteiger partial charge >= 0.3 is 0 Å². The SMILES string of the molecule is NS(=O)(=O)CC1CC(=O)N(c2ccccc2N2CCCCCC2)C1. The highest BCUT2D eigenvalue weighted by Crippen LogP contribution is 2.35. The number of nitrogens with two attached hydrogens (primary N) is 1. The average molecular weight is 351 g/mol. The van der Waals surface area contributed by atoms with Gasteiger partial charge in [-0.15, -0.1) is 0 Å². The maximum atomic E-state index is 12.4. The molecule has 1 aromatic carbocycles. The van der Waals surface area contributed by atoms with Crippen molar-refractivity contribution in [2.45, 2.75) is 32.1 Å².